The van der Waals surface area contributed by atoms with Gasteiger partial charge in [0, 0.05) is 12.8 Å². The molecule has 11 heteroatoms. The molecule has 6 N–H and O–H groups in total. The molecular formula is C59H103NO10. The highest BCUT2D eigenvalue weighted by atomic mass is 16.7. The van der Waals surface area contributed by atoms with Crippen LogP contribution in [0.3, 0.4) is 0 Å². The van der Waals surface area contributed by atoms with Crippen LogP contribution in [-0.2, 0) is 23.8 Å². The third kappa shape index (κ3) is 37.8. The van der Waals surface area contributed by atoms with Gasteiger partial charge in [-0.2, -0.15) is 0 Å². The van der Waals surface area contributed by atoms with Crippen LogP contribution in [0.25, 0.3) is 0 Å². The van der Waals surface area contributed by atoms with Gasteiger partial charge in [-0.25, -0.2) is 0 Å². The molecule has 1 rings (SSSR count). The van der Waals surface area contributed by atoms with E-state index in [1.807, 2.05) is 19.1 Å². The Morgan fingerprint density at radius 2 is 1.03 bits per heavy atom. The van der Waals surface area contributed by atoms with E-state index in [0.29, 0.717) is 25.9 Å². The van der Waals surface area contributed by atoms with E-state index >= 15 is 0 Å². The van der Waals surface area contributed by atoms with Crippen LogP contribution in [0.5, 0.6) is 0 Å². The number of ether oxygens (including phenoxy) is 3. The van der Waals surface area contributed by atoms with E-state index in [2.05, 4.69) is 66.9 Å². The van der Waals surface area contributed by atoms with Crippen LogP contribution in [0.4, 0.5) is 0 Å². The second kappa shape index (κ2) is 48.4. The molecule has 1 saturated heterocycles. The van der Waals surface area contributed by atoms with Gasteiger partial charge in [-0.15, -0.1) is 0 Å². The standard InChI is InChI=1S/C59H103NO10/c1-3-5-7-9-11-13-14-15-24-27-31-35-39-43-47-55(64)68-48-44-40-36-32-28-25-22-20-18-16-17-19-21-23-26-30-34-38-42-46-54(63)60-51(52(62)45-41-37-33-29-12-10-8-6-4-2)50-69-59-58(67)57(66)56(65)53(49-61)70-59/h4,6,12,14-15,20,22,25,28-29,41,45,51-53,56-59,61-62,65-67H,3,5,7-11,13,16-19,21,23-24,26-27,30-40,42-44,46-50H2,1-2H3,(H,60,63)/b6-4+,15-14-,22-20-,28-25-,29-12+,45-41+. The van der Waals surface area contributed by atoms with Crippen LogP contribution < -0.4 is 5.32 Å². The molecule has 1 amide bonds. The number of carbonyl (C=O) groups excluding carboxylic acids is 2. The van der Waals surface area contributed by atoms with Gasteiger partial charge in [0.2, 0.25) is 5.91 Å². The molecule has 0 aromatic heterocycles. The smallest absolute Gasteiger partial charge is 0.305 e. The van der Waals surface area contributed by atoms with E-state index in [-0.39, 0.29) is 18.5 Å². The van der Waals surface area contributed by atoms with Crippen molar-refractivity contribution in [3.8, 4) is 0 Å². The van der Waals surface area contributed by atoms with E-state index in [0.717, 1.165) is 89.9 Å². The van der Waals surface area contributed by atoms with Crippen LogP contribution in [0.1, 0.15) is 226 Å². The molecule has 0 aromatic rings. The van der Waals surface area contributed by atoms with Crippen molar-refractivity contribution in [3.05, 3.63) is 72.9 Å². The Morgan fingerprint density at radius 1 is 0.557 bits per heavy atom. The summed E-state index contributed by atoms with van der Waals surface area (Å²) in [5, 5.41) is 54.1. The molecule has 7 unspecified atom stereocenters. The minimum absolute atomic E-state index is 0.0392. The average molecular weight is 986 g/mol. The van der Waals surface area contributed by atoms with Gasteiger partial charge in [0.05, 0.1) is 32.0 Å². The van der Waals surface area contributed by atoms with E-state index in [1.54, 1.807) is 6.08 Å². The van der Waals surface area contributed by atoms with Gasteiger partial charge in [-0.1, -0.05) is 176 Å². The number of unbranched alkanes of at least 4 members (excludes halogenated alkanes) is 25. The summed E-state index contributed by atoms with van der Waals surface area (Å²) in [5.41, 5.74) is 0. The number of aliphatic hydroxyl groups is 5. The van der Waals surface area contributed by atoms with Gasteiger partial charge in [0.15, 0.2) is 6.29 Å². The Hall–Kier alpha value is -2.90. The second-order valence-electron chi connectivity index (χ2n) is 19.3. The lowest BCUT2D eigenvalue weighted by Gasteiger charge is -2.40. The van der Waals surface area contributed by atoms with Gasteiger partial charge in [0.1, 0.15) is 24.4 Å². The summed E-state index contributed by atoms with van der Waals surface area (Å²) < 4.78 is 16.6. The SMILES string of the molecule is C/C=C/CC/C=C/CC/C=C/C(O)C(COC1OC(CO)C(O)C(O)C1O)NC(=O)CCCCCCCCCCCC/C=C\C=C/CCCCCOC(=O)CCCCCCC/C=C\CCCCCCC. The number of carbonyl (C=O) groups is 2. The van der Waals surface area contributed by atoms with E-state index in [1.165, 1.54) is 103 Å². The van der Waals surface area contributed by atoms with E-state index in [9.17, 15) is 35.1 Å². The zero-order valence-corrected chi connectivity index (χ0v) is 44.2. The summed E-state index contributed by atoms with van der Waals surface area (Å²) in [6, 6.07) is -0.842. The predicted molar refractivity (Wildman–Crippen MR) is 287 cm³/mol. The van der Waals surface area contributed by atoms with Gasteiger partial charge < -0.3 is 45.1 Å². The number of aliphatic hydroxyl groups excluding tert-OH is 5. The molecular weight excluding hydrogens is 883 g/mol. The first-order valence-corrected chi connectivity index (χ1v) is 28.2. The number of hydrogen-bond donors (Lipinski definition) is 6. The fourth-order valence-electron chi connectivity index (χ4n) is 8.34. The van der Waals surface area contributed by atoms with Crippen LogP contribution in [0.15, 0.2) is 72.9 Å². The number of allylic oxidation sites excluding steroid dienone is 11. The highest BCUT2D eigenvalue weighted by Gasteiger charge is 2.44. The Balaban J connectivity index is 2.08. The third-order valence-corrected chi connectivity index (χ3v) is 12.9. The number of amides is 1. The molecule has 1 fully saturated rings. The second-order valence-corrected chi connectivity index (χ2v) is 19.3. The van der Waals surface area contributed by atoms with Crippen LogP contribution in [-0.4, -0.2) is 100 Å². The molecule has 0 aliphatic carbocycles. The monoisotopic (exact) mass is 986 g/mol. The Labute approximate surface area is 426 Å². The van der Waals surface area contributed by atoms with Crippen molar-refractivity contribution in [1.29, 1.82) is 0 Å². The maximum atomic E-state index is 13.0. The molecule has 0 saturated carbocycles. The normalized spacial score (nSPS) is 19.8. The van der Waals surface area contributed by atoms with Crippen molar-refractivity contribution in [2.45, 2.75) is 269 Å². The first-order valence-electron chi connectivity index (χ1n) is 28.2. The van der Waals surface area contributed by atoms with Crippen molar-refractivity contribution in [3.63, 3.8) is 0 Å². The van der Waals surface area contributed by atoms with Crippen LogP contribution >= 0.6 is 0 Å². The van der Waals surface area contributed by atoms with Gasteiger partial charge in [-0.3, -0.25) is 9.59 Å². The van der Waals surface area contributed by atoms with Crippen molar-refractivity contribution >= 4 is 11.9 Å². The summed E-state index contributed by atoms with van der Waals surface area (Å²) in [4.78, 5) is 25.0. The minimum Gasteiger partial charge on any atom is -0.466 e. The lowest BCUT2D eigenvalue weighted by atomic mass is 9.99. The third-order valence-electron chi connectivity index (χ3n) is 12.9. The summed E-state index contributed by atoms with van der Waals surface area (Å²) in [6.07, 6.45) is 53.1. The van der Waals surface area contributed by atoms with E-state index < -0.39 is 49.5 Å². The summed E-state index contributed by atoms with van der Waals surface area (Å²) >= 11 is 0. The fraction of sp³-hybridized carbons (Fsp3) is 0.763. The Morgan fingerprint density at radius 3 is 1.59 bits per heavy atom. The minimum atomic E-state index is -1.58. The zero-order chi connectivity index (χ0) is 51.0. The van der Waals surface area contributed by atoms with E-state index in [4.69, 9.17) is 14.2 Å². The summed E-state index contributed by atoms with van der Waals surface area (Å²) in [5.74, 6) is -0.251. The summed E-state index contributed by atoms with van der Waals surface area (Å²) in [6.45, 7) is 4.01. The highest BCUT2D eigenvalue weighted by Crippen LogP contribution is 2.23. The molecule has 11 nitrogen and oxygen atoms in total. The molecule has 0 aromatic carbocycles. The molecule has 1 heterocycles. The molecule has 404 valence electrons. The molecule has 0 bridgehead atoms. The first-order chi connectivity index (χ1) is 34.2. The average Bonchev–Trinajstić information content (AvgIpc) is 3.36. The predicted octanol–water partition coefficient (Wildman–Crippen LogP) is 12.4. The Kier molecular flexibility index (Phi) is 45.0. The molecule has 70 heavy (non-hydrogen) atoms. The van der Waals surface area contributed by atoms with Gasteiger partial charge in [0.25, 0.3) is 0 Å². The molecule has 1 aliphatic rings. The number of rotatable bonds is 47. The molecule has 0 radical (unpaired) electrons. The topological polar surface area (TPSA) is 175 Å². The van der Waals surface area contributed by atoms with Crippen LogP contribution in [0, 0.1) is 0 Å². The molecule has 7 atom stereocenters. The maximum Gasteiger partial charge on any atom is 0.305 e. The van der Waals surface area contributed by atoms with Crippen molar-refractivity contribution in [2.75, 3.05) is 19.8 Å². The quantitative estimate of drug-likeness (QED) is 0.0149. The van der Waals surface area contributed by atoms with Gasteiger partial charge in [-0.05, 0) is 110 Å². The molecule has 0 spiro atoms. The largest absolute Gasteiger partial charge is 0.466 e. The zero-order valence-electron chi connectivity index (χ0n) is 44.2. The maximum absolute atomic E-state index is 13.0. The highest BCUT2D eigenvalue weighted by molar-refractivity contribution is 5.76. The number of hydrogen-bond acceptors (Lipinski definition) is 10. The fourth-order valence-corrected chi connectivity index (χ4v) is 8.34. The Bertz CT molecular complexity index is 1390. The van der Waals surface area contributed by atoms with Gasteiger partial charge >= 0.3 is 5.97 Å². The van der Waals surface area contributed by atoms with Crippen molar-refractivity contribution in [2.24, 2.45) is 0 Å². The lowest BCUT2D eigenvalue weighted by Crippen LogP contribution is -2.60. The lowest BCUT2D eigenvalue weighted by molar-refractivity contribution is -0.302. The number of esters is 1. The summed E-state index contributed by atoms with van der Waals surface area (Å²) in [7, 11) is 0. The molecule has 1 aliphatic heterocycles. The van der Waals surface area contributed by atoms with Crippen molar-refractivity contribution in [1.82, 2.24) is 5.32 Å². The van der Waals surface area contributed by atoms with Crippen LogP contribution in [0.2, 0.25) is 0 Å². The number of nitrogens with one attached hydrogen (secondary N) is 1. The first kappa shape index (κ1) is 65.1. The van der Waals surface area contributed by atoms with Crippen molar-refractivity contribution < 1.29 is 49.3 Å².